The number of carbonyl (C=O) groups excluding carboxylic acids is 1. The molecule has 0 aromatic carbocycles. The van der Waals surface area contributed by atoms with Crippen molar-refractivity contribution >= 4 is 22.1 Å². The van der Waals surface area contributed by atoms with E-state index < -0.39 is 28.4 Å². The molecule has 8 heteroatoms. The normalized spacial score (nSPS) is 15.1. The molecule has 0 bridgehead atoms. The molecule has 0 fully saturated rings. The lowest BCUT2D eigenvalue weighted by molar-refractivity contribution is -0.130. The zero-order chi connectivity index (χ0) is 27.5. The van der Waals surface area contributed by atoms with Gasteiger partial charge in [-0.3, -0.25) is 4.79 Å². The molecular weight excluding hydrogens is 474 g/mol. The molecule has 0 aromatic rings. The second-order valence-corrected chi connectivity index (χ2v) is 24.9. The molecule has 2 N–H and O–H groups in total. The minimum Gasteiger partial charge on any atom is -0.389 e. The van der Waals surface area contributed by atoms with Gasteiger partial charge in [0.15, 0.2) is 0 Å². The van der Waals surface area contributed by atoms with E-state index in [0.717, 1.165) is 12.8 Å². The van der Waals surface area contributed by atoms with Crippen LogP contribution in [0.4, 0.5) is 0 Å². The molecule has 1 amide bonds. The van der Waals surface area contributed by atoms with Crippen molar-refractivity contribution in [3.05, 3.63) is 12.7 Å². The van der Waals surface area contributed by atoms with Gasteiger partial charge in [0, 0.05) is 26.3 Å². The first-order valence-electron chi connectivity index (χ1n) is 13.3. The van der Waals surface area contributed by atoms with Crippen LogP contribution < -0.4 is 0 Å². The molecule has 208 valence electrons. The fourth-order valence-electron chi connectivity index (χ4n) is 3.42. The van der Waals surface area contributed by atoms with Gasteiger partial charge in [0.2, 0.25) is 5.91 Å². The quantitative estimate of drug-likeness (QED) is 0.146. The van der Waals surface area contributed by atoms with E-state index in [2.05, 4.69) is 74.3 Å². The second-order valence-electron chi connectivity index (χ2n) is 13.4. The van der Waals surface area contributed by atoms with Gasteiger partial charge in [-0.25, -0.2) is 0 Å². The number of rotatable bonds is 17. The van der Waals surface area contributed by atoms with Crippen LogP contribution in [0, 0.1) is 0 Å². The lowest BCUT2D eigenvalue weighted by Crippen LogP contribution is -2.43. The Labute approximate surface area is 218 Å². The van der Waals surface area contributed by atoms with Crippen LogP contribution in [0.25, 0.3) is 0 Å². The first kappa shape index (κ1) is 34.5. The fourth-order valence-corrected chi connectivity index (χ4v) is 6.98. The van der Waals surface area contributed by atoms with E-state index >= 15 is 0 Å². The first-order valence-corrected chi connectivity index (χ1v) is 19.7. The Morgan fingerprint density at radius 2 is 1.17 bits per heavy atom. The molecule has 0 rings (SSSR count). The van der Waals surface area contributed by atoms with Gasteiger partial charge >= 0.3 is 0 Å². The monoisotopic (exact) mass is 531 g/mol. The van der Waals surface area contributed by atoms with E-state index in [9.17, 15) is 15.0 Å². The number of amides is 1. The predicted octanol–water partition coefficient (Wildman–Crippen LogP) is 5.55. The summed E-state index contributed by atoms with van der Waals surface area (Å²) in [5.74, 6) is -0.320. The van der Waals surface area contributed by atoms with Crippen molar-refractivity contribution in [2.75, 3.05) is 39.5 Å². The van der Waals surface area contributed by atoms with Crippen LogP contribution in [0.1, 0.15) is 54.4 Å². The van der Waals surface area contributed by atoms with Gasteiger partial charge in [0.1, 0.15) is 0 Å². The number of carbonyl (C=O) groups is 1. The second kappa shape index (κ2) is 15.0. The highest BCUT2D eigenvalue weighted by atomic mass is 28.3. The molecule has 0 aliphatic rings. The third kappa shape index (κ3) is 13.6. The number of aliphatic hydroxyl groups is 2. The maximum absolute atomic E-state index is 12.3. The van der Waals surface area contributed by atoms with Crippen molar-refractivity contribution in [3.63, 3.8) is 0 Å². The Balaban J connectivity index is 4.39. The maximum atomic E-state index is 12.3. The number of nitrogens with zero attached hydrogens (tertiary/aromatic N) is 1. The van der Waals surface area contributed by atoms with Gasteiger partial charge in [-0.15, -0.1) is 0 Å². The molecular formula is C27H57NO5Si2. The van der Waals surface area contributed by atoms with Crippen LogP contribution in [0.2, 0.25) is 48.4 Å². The van der Waals surface area contributed by atoms with Crippen molar-refractivity contribution in [2.24, 2.45) is 0 Å². The highest BCUT2D eigenvalue weighted by Gasteiger charge is 2.35. The molecule has 6 nitrogen and oxygen atoms in total. The van der Waals surface area contributed by atoms with Crippen LogP contribution in [-0.2, 0) is 14.3 Å². The SMILES string of the molecule is C=CC(=O)N(CC(O)COCCC[Si](C)(C)C(C)(C)C)CC(O)COCCC[Si](C)(C)C(C)(C)C. The zero-order valence-corrected chi connectivity index (χ0v) is 26.6. The van der Waals surface area contributed by atoms with E-state index in [0.29, 0.717) is 23.3 Å². The van der Waals surface area contributed by atoms with E-state index in [1.165, 1.54) is 23.1 Å². The van der Waals surface area contributed by atoms with Gasteiger partial charge in [0.25, 0.3) is 0 Å². The topological polar surface area (TPSA) is 79.2 Å². The average Bonchev–Trinajstić information content (AvgIpc) is 2.70. The van der Waals surface area contributed by atoms with Crippen molar-refractivity contribution in [3.8, 4) is 0 Å². The van der Waals surface area contributed by atoms with Crippen LogP contribution in [0.15, 0.2) is 12.7 Å². The van der Waals surface area contributed by atoms with Crippen molar-refractivity contribution in [2.45, 2.75) is 115 Å². The summed E-state index contributed by atoms with van der Waals surface area (Å²) in [5, 5.41) is 21.5. The lowest BCUT2D eigenvalue weighted by Gasteiger charge is -2.37. The Bertz CT molecular complexity index is 582. The highest BCUT2D eigenvalue weighted by molar-refractivity contribution is 6.80. The summed E-state index contributed by atoms with van der Waals surface area (Å²) in [4.78, 5) is 13.7. The molecule has 0 radical (unpaired) electrons. The molecule has 0 aliphatic carbocycles. The maximum Gasteiger partial charge on any atom is 0.246 e. The van der Waals surface area contributed by atoms with E-state index in [4.69, 9.17) is 9.47 Å². The molecule has 0 heterocycles. The van der Waals surface area contributed by atoms with Gasteiger partial charge < -0.3 is 24.6 Å². The summed E-state index contributed by atoms with van der Waals surface area (Å²) in [5.41, 5.74) is 0. The molecule has 2 atom stereocenters. The fraction of sp³-hybridized carbons (Fsp3) is 0.889. The number of aliphatic hydroxyl groups excluding tert-OH is 2. The number of hydrogen-bond donors (Lipinski definition) is 2. The van der Waals surface area contributed by atoms with Crippen molar-refractivity contribution in [1.82, 2.24) is 4.90 Å². The van der Waals surface area contributed by atoms with Gasteiger partial charge in [0.05, 0.1) is 41.6 Å². The van der Waals surface area contributed by atoms with E-state index in [-0.39, 0.29) is 32.2 Å². The molecule has 0 spiro atoms. The van der Waals surface area contributed by atoms with Crippen molar-refractivity contribution in [1.29, 1.82) is 0 Å². The molecule has 2 unspecified atom stereocenters. The van der Waals surface area contributed by atoms with Gasteiger partial charge in [-0.2, -0.15) is 0 Å². The summed E-state index contributed by atoms with van der Waals surface area (Å²) < 4.78 is 11.4. The highest BCUT2D eigenvalue weighted by Crippen LogP contribution is 2.40. The molecule has 0 aliphatic heterocycles. The summed E-state index contributed by atoms with van der Waals surface area (Å²) in [6.45, 7) is 28.7. The van der Waals surface area contributed by atoms with E-state index in [1.54, 1.807) is 0 Å². The third-order valence-electron chi connectivity index (χ3n) is 8.21. The van der Waals surface area contributed by atoms with Gasteiger partial charge in [-0.1, -0.05) is 86.4 Å². The Morgan fingerprint density at radius 1 is 0.829 bits per heavy atom. The summed E-state index contributed by atoms with van der Waals surface area (Å²) >= 11 is 0. The first-order chi connectivity index (χ1) is 15.8. The Morgan fingerprint density at radius 3 is 1.46 bits per heavy atom. The summed E-state index contributed by atoms with van der Waals surface area (Å²) in [7, 11) is -2.65. The minimum absolute atomic E-state index is 0.0928. The number of ether oxygens (including phenoxy) is 2. The lowest BCUT2D eigenvalue weighted by atomic mass is 10.2. The zero-order valence-electron chi connectivity index (χ0n) is 24.6. The van der Waals surface area contributed by atoms with Crippen LogP contribution in [0.5, 0.6) is 0 Å². The molecule has 35 heavy (non-hydrogen) atoms. The smallest absolute Gasteiger partial charge is 0.246 e. The Hall–Kier alpha value is -0.516. The third-order valence-corrected chi connectivity index (χ3v) is 19.5. The van der Waals surface area contributed by atoms with Crippen LogP contribution in [0.3, 0.4) is 0 Å². The molecule has 0 saturated carbocycles. The summed E-state index contributed by atoms with van der Waals surface area (Å²) in [6.07, 6.45) is 1.53. The van der Waals surface area contributed by atoms with Crippen LogP contribution >= 0.6 is 0 Å². The van der Waals surface area contributed by atoms with Gasteiger partial charge in [-0.05, 0) is 29.0 Å². The molecule has 0 aromatic heterocycles. The van der Waals surface area contributed by atoms with Crippen LogP contribution in [-0.4, -0.2) is 88.9 Å². The van der Waals surface area contributed by atoms with Crippen molar-refractivity contribution < 1.29 is 24.5 Å². The Kier molecular flexibility index (Phi) is 14.8. The molecule has 0 saturated heterocycles. The largest absolute Gasteiger partial charge is 0.389 e. The van der Waals surface area contributed by atoms with E-state index in [1.807, 2.05) is 0 Å². The minimum atomic E-state index is -1.33. The average molecular weight is 532 g/mol. The summed E-state index contributed by atoms with van der Waals surface area (Å²) in [6, 6.07) is 2.35. The standard InChI is InChI=1S/C27H57NO5Si2/c1-12-25(31)28(19-23(29)21-32-15-13-17-34(8,9)26(2,3)4)20-24(30)22-33-16-14-18-35(10,11)27(5,6)7/h12,23-24,29-30H,1,13-22H2,2-11H3. The predicted molar refractivity (Wildman–Crippen MR) is 154 cm³/mol. The number of hydrogen-bond acceptors (Lipinski definition) is 5.